The molecule has 0 unspecified atom stereocenters. The molecule has 0 saturated heterocycles. The van der Waals surface area contributed by atoms with Gasteiger partial charge in [0.25, 0.3) is 5.56 Å². The molecule has 2 rings (SSSR count). The van der Waals surface area contributed by atoms with Gasteiger partial charge < -0.3 is 29.6 Å². The summed E-state index contributed by atoms with van der Waals surface area (Å²) in [6, 6.07) is 3.90. The maximum absolute atomic E-state index is 11.1. The highest BCUT2D eigenvalue weighted by Gasteiger charge is 2.08. The Morgan fingerprint density at radius 1 is 1.04 bits per heavy atom. The van der Waals surface area contributed by atoms with Crippen molar-refractivity contribution in [3.05, 3.63) is 50.3 Å². The van der Waals surface area contributed by atoms with Crippen molar-refractivity contribution in [1.82, 2.24) is 9.97 Å². The molecule has 0 aliphatic heterocycles. The van der Waals surface area contributed by atoms with E-state index < -0.39 is 11.2 Å². The summed E-state index contributed by atoms with van der Waals surface area (Å²) in [6.45, 7) is 0.131. The predicted molar refractivity (Wildman–Crippen MR) is 91.1 cm³/mol. The summed E-state index contributed by atoms with van der Waals surface area (Å²) >= 11 is 0. The maximum Gasteiger partial charge on any atom is 0.326 e. The van der Waals surface area contributed by atoms with E-state index in [-0.39, 0.29) is 36.2 Å². The molecule has 138 valence electrons. The minimum absolute atomic E-state index is 0.0609. The van der Waals surface area contributed by atoms with Crippen LogP contribution >= 0.6 is 0 Å². The molecule has 2 aromatic rings. The molecule has 0 fully saturated rings. The van der Waals surface area contributed by atoms with Crippen molar-refractivity contribution >= 4 is 12.4 Å². The van der Waals surface area contributed by atoms with Crippen LogP contribution in [-0.4, -0.2) is 52.9 Å². The van der Waals surface area contributed by atoms with E-state index in [9.17, 15) is 19.8 Å². The molecule has 0 aliphatic carbocycles. The Balaban J connectivity index is 1.76. The number of H-pyrrole nitrogens is 2. The minimum atomic E-state index is -0.645. The molecule has 26 heavy (non-hydrogen) atoms. The summed E-state index contributed by atoms with van der Waals surface area (Å²) in [4.78, 5) is 36.3. The van der Waals surface area contributed by atoms with Crippen LogP contribution in [-0.2, 0) is 9.68 Å². The van der Waals surface area contributed by atoms with Gasteiger partial charge in [0, 0.05) is 11.6 Å². The summed E-state index contributed by atoms with van der Waals surface area (Å²) in [5.41, 5.74) is -0.550. The Bertz CT molecular complexity index is 889. The largest absolute Gasteiger partial charge is 0.504 e. The fraction of sp³-hybridized carbons (Fsp3) is 0.200. The average molecular weight is 364 g/mol. The van der Waals surface area contributed by atoms with Gasteiger partial charge in [-0.3, -0.25) is 9.78 Å². The first-order chi connectivity index (χ1) is 12.5. The van der Waals surface area contributed by atoms with Crippen molar-refractivity contribution in [2.75, 3.05) is 20.3 Å². The van der Waals surface area contributed by atoms with Crippen LogP contribution in [0, 0.1) is 0 Å². The fourth-order valence-electron chi connectivity index (χ4n) is 1.77. The van der Waals surface area contributed by atoms with Crippen molar-refractivity contribution in [1.29, 1.82) is 0 Å². The molecule has 11 heteroatoms. The summed E-state index contributed by atoms with van der Waals surface area (Å²) in [5.74, 6) is -0.609. The third-order valence-electron chi connectivity index (χ3n) is 2.89. The number of methoxy groups -OCH3 is 1. The topological polar surface area (TPSA) is 159 Å². The molecular formula is C15H16N4O7. The molecule has 11 nitrogen and oxygen atoms in total. The number of rotatable bonds is 8. The number of aromatic amines is 2. The third kappa shape index (κ3) is 5.40. The Labute approximate surface area is 146 Å². The lowest BCUT2D eigenvalue weighted by atomic mass is 10.2. The number of aromatic nitrogens is 2. The first kappa shape index (κ1) is 18.6. The van der Waals surface area contributed by atoms with Gasteiger partial charge in [-0.15, -0.1) is 0 Å². The smallest absolute Gasteiger partial charge is 0.326 e. The quantitative estimate of drug-likeness (QED) is 0.220. The zero-order valence-electron chi connectivity index (χ0n) is 13.6. The number of benzene rings is 1. The van der Waals surface area contributed by atoms with Gasteiger partial charge in [0.1, 0.15) is 0 Å². The molecule has 1 heterocycles. The lowest BCUT2D eigenvalue weighted by Crippen LogP contribution is -2.22. The molecule has 0 radical (unpaired) electrons. The number of hydrogen-bond donors (Lipinski definition) is 4. The van der Waals surface area contributed by atoms with Gasteiger partial charge in [-0.25, -0.2) is 4.79 Å². The van der Waals surface area contributed by atoms with Crippen LogP contribution < -0.4 is 16.0 Å². The second-order valence-electron chi connectivity index (χ2n) is 4.77. The van der Waals surface area contributed by atoms with Crippen LogP contribution in [0.2, 0.25) is 0 Å². The van der Waals surface area contributed by atoms with E-state index in [0.29, 0.717) is 5.56 Å². The monoisotopic (exact) mass is 364 g/mol. The van der Waals surface area contributed by atoms with E-state index >= 15 is 0 Å². The van der Waals surface area contributed by atoms with E-state index in [1.54, 1.807) is 0 Å². The zero-order chi connectivity index (χ0) is 18.9. The molecule has 1 aromatic carbocycles. The van der Waals surface area contributed by atoms with Crippen LogP contribution in [0.5, 0.6) is 17.2 Å². The Morgan fingerprint density at radius 3 is 2.38 bits per heavy atom. The lowest BCUT2D eigenvalue weighted by molar-refractivity contribution is 0.0553. The highest BCUT2D eigenvalue weighted by molar-refractivity contribution is 5.81. The van der Waals surface area contributed by atoms with Gasteiger partial charge in [-0.1, -0.05) is 10.3 Å². The SMILES string of the molecule is COc1cc(/C=N/OCCO/N=C/c2cc(=O)[nH]c(=O)[nH]2)cc(O)c1O. The van der Waals surface area contributed by atoms with Crippen molar-refractivity contribution in [3.63, 3.8) is 0 Å². The molecule has 0 amide bonds. The van der Waals surface area contributed by atoms with E-state index in [1.165, 1.54) is 31.7 Å². The van der Waals surface area contributed by atoms with E-state index in [0.717, 1.165) is 6.07 Å². The van der Waals surface area contributed by atoms with Gasteiger partial charge >= 0.3 is 5.69 Å². The second kappa shape index (κ2) is 8.92. The summed E-state index contributed by atoms with van der Waals surface area (Å²) in [7, 11) is 1.35. The molecule has 0 aliphatic rings. The first-order valence-corrected chi connectivity index (χ1v) is 7.24. The average Bonchev–Trinajstić information content (AvgIpc) is 2.59. The fourth-order valence-corrected chi connectivity index (χ4v) is 1.77. The summed E-state index contributed by atoms with van der Waals surface area (Å²) in [6.07, 6.45) is 2.48. The molecule has 0 saturated carbocycles. The number of nitrogens with one attached hydrogen (secondary N) is 2. The van der Waals surface area contributed by atoms with Gasteiger partial charge in [0.05, 0.1) is 25.2 Å². The normalized spacial score (nSPS) is 11.1. The Kier molecular flexibility index (Phi) is 6.37. The minimum Gasteiger partial charge on any atom is -0.504 e. The van der Waals surface area contributed by atoms with Crippen molar-refractivity contribution < 1.29 is 24.6 Å². The number of hydrogen-bond acceptors (Lipinski definition) is 9. The van der Waals surface area contributed by atoms with Crippen LogP contribution in [0.4, 0.5) is 0 Å². The van der Waals surface area contributed by atoms with E-state index in [4.69, 9.17) is 14.4 Å². The second-order valence-corrected chi connectivity index (χ2v) is 4.77. The van der Waals surface area contributed by atoms with Gasteiger partial charge in [0.2, 0.25) is 5.75 Å². The number of ether oxygens (including phenoxy) is 1. The Morgan fingerprint density at radius 2 is 1.73 bits per heavy atom. The Hall–Kier alpha value is -3.76. The molecule has 0 spiro atoms. The van der Waals surface area contributed by atoms with Crippen LogP contribution in [0.15, 0.2) is 38.1 Å². The lowest BCUT2D eigenvalue weighted by Gasteiger charge is -2.05. The van der Waals surface area contributed by atoms with Crippen LogP contribution in [0.25, 0.3) is 0 Å². The standard InChI is InChI=1S/C15H16N4O7/c1-24-12-5-9(4-11(20)14(12)22)7-16-25-2-3-26-17-8-10-6-13(21)19-15(23)18-10/h4-8,20,22H,2-3H2,1H3,(H2,18,19,21,23)/b16-7+,17-8+. The number of phenols is 2. The highest BCUT2D eigenvalue weighted by atomic mass is 16.7. The molecule has 1 aromatic heterocycles. The van der Waals surface area contributed by atoms with Gasteiger partial charge in [-0.2, -0.15) is 0 Å². The zero-order valence-corrected chi connectivity index (χ0v) is 13.6. The molecule has 0 atom stereocenters. The maximum atomic E-state index is 11.1. The molecular weight excluding hydrogens is 348 g/mol. The van der Waals surface area contributed by atoms with Gasteiger partial charge in [0.15, 0.2) is 24.7 Å². The van der Waals surface area contributed by atoms with Crippen LogP contribution in [0.3, 0.4) is 0 Å². The van der Waals surface area contributed by atoms with Crippen molar-refractivity contribution in [3.8, 4) is 17.2 Å². The van der Waals surface area contributed by atoms with Gasteiger partial charge in [-0.05, 0) is 12.1 Å². The molecule has 0 bridgehead atoms. The number of phenolic OH excluding ortho intramolecular Hbond substituents is 2. The van der Waals surface area contributed by atoms with Crippen molar-refractivity contribution in [2.45, 2.75) is 0 Å². The highest BCUT2D eigenvalue weighted by Crippen LogP contribution is 2.35. The third-order valence-corrected chi connectivity index (χ3v) is 2.89. The first-order valence-electron chi connectivity index (χ1n) is 7.24. The number of aromatic hydroxyl groups is 2. The van der Waals surface area contributed by atoms with Crippen molar-refractivity contribution in [2.24, 2.45) is 10.3 Å². The summed E-state index contributed by atoms with van der Waals surface area (Å²) in [5, 5.41) is 26.3. The number of nitrogens with zero attached hydrogens (tertiary/aromatic N) is 2. The molecule has 4 N–H and O–H groups in total. The predicted octanol–water partition coefficient (Wildman–Crippen LogP) is -0.116. The number of oxime groups is 2. The van der Waals surface area contributed by atoms with E-state index in [1.807, 2.05) is 4.98 Å². The van der Waals surface area contributed by atoms with E-state index in [2.05, 4.69) is 15.3 Å². The van der Waals surface area contributed by atoms with Crippen LogP contribution in [0.1, 0.15) is 11.3 Å². The summed E-state index contributed by atoms with van der Waals surface area (Å²) < 4.78 is 4.90.